The van der Waals surface area contributed by atoms with Gasteiger partial charge in [0.25, 0.3) is 0 Å². The molecule has 0 unspecified atom stereocenters. The Bertz CT molecular complexity index is 1520. The van der Waals surface area contributed by atoms with E-state index >= 15 is 0 Å². The first-order valence-electron chi connectivity index (χ1n) is 13.5. The van der Waals surface area contributed by atoms with Gasteiger partial charge < -0.3 is 48.2 Å². The van der Waals surface area contributed by atoms with Crippen molar-refractivity contribution < 1.29 is 72.5 Å². The summed E-state index contributed by atoms with van der Waals surface area (Å²) >= 11 is 3.50. The molecule has 8 nitrogen and oxygen atoms in total. The molecule has 244 valence electrons. The standard InChI is InChI=1S/C24H19BrN2O6.C10H14.2ClH.Ru/c1-29-18-5-4-15(11-19(18)33-24(28)14-6-8-26-9-7-14)22-21(27-13-32-22)16-10-17(25)23(31-3)20(12-16)30-2;1-8(2)10-6-4-9(3)5-7-10;;;/h4-13H,1-3H3;4-8H,1-3H3;2*1H;/q;;;;+2/p-2. The number of hydrogen-bond acceptors (Lipinski definition) is 8. The Labute approximate surface area is 305 Å². The third kappa shape index (κ3) is 10.4. The van der Waals surface area contributed by atoms with Crippen LogP contribution in [0.2, 0.25) is 0 Å². The van der Waals surface area contributed by atoms with Crippen molar-refractivity contribution in [2.24, 2.45) is 5.92 Å². The summed E-state index contributed by atoms with van der Waals surface area (Å²) in [7, 11) is 4.63. The molecule has 6 radical (unpaired) electrons. The Morgan fingerprint density at radius 2 is 1.46 bits per heavy atom. The maximum absolute atomic E-state index is 12.6. The fourth-order valence-corrected chi connectivity index (χ4v) is 4.81. The van der Waals surface area contributed by atoms with Crippen LogP contribution < -0.4 is 43.8 Å². The normalized spacial score (nSPS) is 12.8. The number of methoxy groups -OCH3 is 3. The largest absolute Gasteiger partial charge is 2.00 e. The molecule has 0 atom stereocenters. The van der Waals surface area contributed by atoms with Gasteiger partial charge in [0.05, 0.1) is 31.4 Å². The molecule has 1 saturated carbocycles. The number of oxazole rings is 1. The molecule has 2 aromatic heterocycles. The first-order chi connectivity index (χ1) is 20.7. The van der Waals surface area contributed by atoms with E-state index in [0.29, 0.717) is 50.2 Å². The summed E-state index contributed by atoms with van der Waals surface area (Å²) in [5.74, 6) is 5.12. The molecular formula is C34H33BrCl2N2O6Ru. The van der Waals surface area contributed by atoms with Crippen LogP contribution in [0.25, 0.3) is 22.6 Å². The first kappa shape index (κ1) is 41.4. The van der Waals surface area contributed by atoms with E-state index in [4.69, 9.17) is 23.4 Å². The smallest absolute Gasteiger partial charge is 1.00 e. The number of pyridine rings is 1. The number of rotatable bonds is 8. The van der Waals surface area contributed by atoms with Gasteiger partial charge in [-0.3, -0.25) is 4.98 Å². The number of benzene rings is 2. The van der Waals surface area contributed by atoms with E-state index in [1.165, 1.54) is 37.7 Å². The van der Waals surface area contributed by atoms with E-state index in [2.05, 4.69) is 72.4 Å². The summed E-state index contributed by atoms with van der Waals surface area (Å²) in [4.78, 5) is 20.9. The summed E-state index contributed by atoms with van der Waals surface area (Å²) in [6.45, 7) is 6.54. The molecule has 0 saturated heterocycles. The van der Waals surface area contributed by atoms with Crippen LogP contribution in [0, 0.1) is 43.4 Å². The first-order valence-corrected chi connectivity index (χ1v) is 14.3. The van der Waals surface area contributed by atoms with E-state index in [9.17, 15) is 4.79 Å². The van der Waals surface area contributed by atoms with Crippen molar-refractivity contribution in [1.82, 2.24) is 9.97 Å². The van der Waals surface area contributed by atoms with Crippen LogP contribution in [0.1, 0.15) is 31.1 Å². The average molecular weight is 818 g/mol. The molecule has 0 bridgehead atoms. The van der Waals surface area contributed by atoms with Crippen molar-refractivity contribution in [3.63, 3.8) is 0 Å². The number of carbonyl (C=O) groups is 1. The van der Waals surface area contributed by atoms with Crippen LogP contribution >= 0.6 is 15.9 Å². The van der Waals surface area contributed by atoms with E-state index in [0.717, 1.165) is 5.56 Å². The Hall–Kier alpha value is -2.65. The summed E-state index contributed by atoms with van der Waals surface area (Å²) in [5, 5.41) is 0. The minimum absolute atomic E-state index is 0. The van der Waals surface area contributed by atoms with Gasteiger partial charge in [-0.25, -0.2) is 9.78 Å². The molecule has 2 aromatic carbocycles. The molecule has 1 fully saturated rings. The van der Waals surface area contributed by atoms with Crippen LogP contribution in [0.5, 0.6) is 23.0 Å². The van der Waals surface area contributed by atoms with Crippen LogP contribution in [-0.4, -0.2) is 37.3 Å². The zero-order valence-corrected chi connectivity index (χ0v) is 30.8. The van der Waals surface area contributed by atoms with Crippen LogP contribution in [-0.2, 0) is 19.5 Å². The number of halogens is 3. The van der Waals surface area contributed by atoms with Gasteiger partial charge in [-0.15, -0.1) is 0 Å². The fraction of sp³-hybridized carbons (Fsp3) is 0.206. The van der Waals surface area contributed by atoms with E-state index < -0.39 is 5.97 Å². The molecule has 1 aliphatic rings. The molecule has 5 rings (SSSR count). The second-order valence-corrected chi connectivity index (χ2v) is 10.6. The van der Waals surface area contributed by atoms with Gasteiger partial charge in [0.15, 0.2) is 35.2 Å². The molecule has 0 aliphatic heterocycles. The molecular weight excluding hydrogens is 784 g/mol. The number of nitrogens with zero attached hydrogens (tertiary/aromatic N) is 2. The monoisotopic (exact) mass is 816 g/mol. The van der Waals surface area contributed by atoms with E-state index in [1.807, 2.05) is 6.07 Å². The minimum atomic E-state index is -0.533. The van der Waals surface area contributed by atoms with Crippen LogP contribution in [0.15, 0.2) is 70.1 Å². The Kier molecular flexibility index (Phi) is 17.9. The van der Waals surface area contributed by atoms with Crippen molar-refractivity contribution in [1.29, 1.82) is 0 Å². The van der Waals surface area contributed by atoms with Crippen LogP contribution in [0.3, 0.4) is 0 Å². The number of carbonyl (C=O) groups excluding carboxylic acids is 1. The molecule has 4 aromatic rings. The SMILES string of the molecule is COc1ccc(-c2ocnc2-c2cc(Br)c(OC)c(OC)c2)cc1OC(=O)c1ccncc1.C[C]1[CH][CH][C](C(C)C)[CH][CH]1.[Cl-].[Cl-].[Ru+2]. The molecule has 1 aliphatic carbocycles. The maximum Gasteiger partial charge on any atom is 2.00 e. The van der Waals surface area contributed by atoms with Crippen molar-refractivity contribution >= 4 is 21.9 Å². The van der Waals surface area contributed by atoms with Gasteiger partial charge in [0.2, 0.25) is 0 Å². The number of aromatic nitrogens is 2. The second kappa shape index (κ2) is 19.9. The van der Waals surface area contributed by atoms with Crippen molar-refractivity contribution in [2.75, 3.05) is 21.3 Å². The topological polar surface area (TPSA) is 92.9 Å². The molecule has 0 spiro atoms. The Morgan fingerprint density at radius 3 is 2.04 bits per heavy atom. The molecule has 12 heteroatoms. The minimum Gasteiger partial charge on any atom is -1.00 e. The number of ether oxygens (including phenoxy) is 4. The third-order valence-electron chi connectivity index (χ3n) is 6.56. The predicted molar refractivity (Wildman–Crippen MR) is 168 cm³/mol. The van der Waals surface area contributed by atoms with Gasteiger partial charge in [-0.05, 0) is 102 Å². The Morgan fingerprint density at radius 1 is 0.826 bits per heavy atom. The molecule has 2 heterocycles. The summed E-state index contributed by atoms with van der Waals surface area (Å²) < 4.78 is 28.2. The molecule has 0 amide bonds. The van der Waals surface area contributed by atoms with Gasteiger partial charge in [0.1, 0.15) is 5.69 Å². The van der Waals surface area contributed by atoms with Gasteiger partial charge >= 0.3 is 25.4 Å². The molecule has 0 N–H and O–H groups in total. The van der Waals surface area contributed by atoms with Crippen molar-refractivity contribution in [3.8, 4) is 45.6 Å². The predicted octanol–water partition coefficient (Wildman–Crippen LogP) is 2.06. The van der Waals surface area contributed by atoms with Gasteiger partial charge in [-0.1, -0.05) is 20.8 Å². The van der Waals surface area contributed by atoms with E-state index in [1.54, 1.807) is 50.6 Å². The van der Waals surface area contributed by atoms with Gasteiger partial charge in [0, 0.05) is 23.5 Å². The quantitative estimate of drug-likeness (QED) is 0.152. The summed E-state index contributed by atoms with van der Waals surface area (Å²) in [5.41, 5.74) is 2.34. The number of esters is 1. The number of hydrogen-bond donors (Lipinski definition) is 0. The van der Waals surface area contributed by atoms with Crippen molar-refractivity contribution in [3.05, 3.63) is 109 Å². The summed E-state index contributed by atoms with van der Waals surface area (Å²) in [6.07, 6.45) is 13.1. The summed E-state index contributed by atoms with van der Waals surface area (Å²) in [6, 6.07) is 12.0. The average Bonchev–Trinajstić information content (AvgIpc) is 3.52. The molecule has 46 heavy (non-hydrogen) atoms. The van der Waals surface area contributed by atoms with Crippen LogP contribution in [0.4, 0.5) is 0 Å². The van der Waals surface area contributed by atoms with E-state index in [-0.39, 0.29) is 50.0 Å². The Balaban J connectivity index is 0.000000701. The van der Waals surface area contributed by atoms with Crippen molar-refractivity contribution in [2.45, 2.75) is 20.8 Å². The second-order valence-electron chi connectivity index (χ2n) is 9.78. The fourth-order valence-electron chi connectivity index (χ4n) is 4.21. The zero-order valence-electron chi connectivity index (χ0n) is 26.0. The maximum atomic E-state index is 12.6. The third-order valence-corrected chi connectivity index (χ3v) is 7.15. The van der Waals surface area contributed by atoms with Gasteiger partial charge in [-0.2, -0.15) is 0 Å². The zero-order chi connectivity index (χ0) is 30.9.